The normalized spacial score (nSPS) is 12.3. The molecule has 0 fully saturated rings. The van der Waals surface area contributed by atoms with Crippen LogP contribution in [-0.4, -0.2) is 25.0 Å². The van der Waals surface area contributed by atoms with Gasteiger partial charge in [-0.15, -0.1) is 0 Å². The van der Waals surface area contributed by atoms with Crippen molar-refractivity contribution in [3.8, 4) is 5.75 Å². The lowest BCUT2D eigenvalue weighted by Crippen LogP contribution is -2.33. The van der Waals surface area contributed by atoms with Crippen molar-refractivity contribution in [1.29, 1.82) is 0 Å². The van der Waals surface area contributed by atoms with Crippen LogP contribution in [0, 0.1) is 0 Å². The van der Waals surface area contributed by atoms with Crippen LogP contribution in [-0.2, 0) is 22.6 Å². The molecule has 146 valence electrons. The number of rotatable bonds is 6. The van der Waals surface area contributed by atoms with Crippen LogP contribution in [0.5, 0.6) is 5.75 Å². The maximum absolute atomic E-state index is 12.5. The van der Waals surface area contributed by atoms with E-state index in [4.69, 9.17) is 9.47 Å². The van der Waals surface area contributed by atoms with Gasteiger partial charge in [-0.05, 0) is 47.9 Å². The van der Waals surface area contributed by atoms with Crippen molar-refractivity contribution < 1.29 is 19.1 Å². The molecule has 1 heterocycles. The van der Waals surface area contributed by atoms with E-state index in [0.717, 1.165) is 29.0 Å². The molecular weight excluding hydrogens is 366 g/mol. The topological polar surface area (TPSA) is 55.8 Å². The van der Waals surface area contributed by atoms with Crippen LogP contribution in [0.2, 0.25) is 0 Å². The van der Waals surface area contributed by atoms with Crippen LogP contribution >= 0.6 is 0 Å². The zero-order valence-corrected chi connectivity index (χ0v) is 15.9. The van der Waals surface area contributed by atoms with Crippen molar-refractivity contribution in [2.24, 2.45) is 0 Å². The number of para-hydroxylation sites is 2. The van der Waals surface area contributed by atoms with E-state index in [2.05, 4.69) is 0 Å². The van der Waals surface area contributed by atoms with Gasteiger partial charge in [0.05, 0.1) is 5.56 Å². The zero-order valence-electron chi connectivity index (χ0n) is 15.9. The summed E-state index contributed by atoms with van der Waals surface area (Å²) in [7, 11) is 0. The molecule has 0 bridgehead atoms. The molecule has 0 spiro atoms. The Labute approximate surface area is 169 Å². The summed E-state index contributed by atoms with van der Waals surface area (Å²) in [6.45, 7) is 0.754. The van der Waals surface area contributed by atoms with Crippen LogP contribution in [0.4, 0.5) is 5.69 Å². The van der Waals surface area contributed by atoms with E-state index in [1.807, 2.05) is 66.7 Å². The number of carbonyl (C=O) groups is 2. The largest absolute Gasteiger partial charge is 0.489 e. The van der Waals surface area contributed by atoms with E-state index in [1.165, 1.54) is 0 Å². The second-order valence-corrected chi connectivity index (χ2v) is 6.80. The fourth-order valence-corrected chi connectivity index (χ4v) is 3.31. The van der Waals surface area contributed by atoms with Crippen LogP contribution < -0.4 is 9.64 Å². The molecule has 4 rings (SSSR count). The summed E-state index contributed by atoms with van der Waals surface area (Å²) >= 11 is 0. The molecular formula is C24H21NO4. The van der Waals surface area contributed by atoms with E-state index < -0.39 is 5.97 Å². The molecule has 5 heteroatoms. The average molecular weight is 387 g/mol. The van der Waals surface area contributed by atoms with Crippen molar-refractivity contribution >= 4 is 17.6 Å². The van der Waals surface area contributed by atoms with Crippen LogP contribution in [0.25, 0.3) is 0 Å². The van der Waals surface area contributed by atoms with Gasteiger partial charge in [-0.2, -0.15) is 0 Å². The highest BCUT2D eigenvalue weighted by Crippen LogP contribution is 2.27. The van der Waals surface area contributed by atoms with E-state index >= 15 is 0 Å². The third kappa shape index (κ3) is 4.46. The molecule has 0 aliphatic carbocycles. The van der Waals surface area contributed by atoms with Gasteiger partial charge in [0.2, 0.25) is 0 Å². The number of benzene rings is 3. The molecule has 0 unspecified atom stereocenters. The third-order valence-corrected chi connectivity index (χ3v) is 4.85. The average Bonchev–Trinajstić information content (AvgIpc) is 3.21. The maximum atomic E-state index is 12.5. The fraction of sp³-hybridized carbons (Fsp3) is 0.167. The van der Waals surface area contributed by atoms with E-state index in [9.17, 15) is 9.59 Å². The summed E-state index contributed by atoms with van der Waals surface area (Å²) in [4.78, 5) is 26.4. The number of nitrogens with zero attached hydrogens (tertiary/aromatic N) is 1. The smallest absolute Gasteiger partial charge is 0.338 e. The van der Waals surface area contributed by atoms with Gasteiger partial charge >= 0.3 is 5.97 Å². The summed E-state index contributed by atoms with van der Waals surface area (Å²) in [5, 5.41) is 0. The molecule has 5 nitrogen and oxygen atoms in total. The van der Waals surface area contributed by atoms with Crippen molar-refractivity contribution in [3.05, 3.63) is 95.6 Å². The van der Waals surface area contributed by atoms with E-state index in [0.29, 0.717) is 18.7 Å². The first-order chi connectivity index (χ1) is 14.2. The Morgan fingerprint density at radius 1 is 0.862 bits per heavy atom. The summed E-state index contributed by atoms with van der Waals surface area (Å²) in [6.07, 6.45) is 0.822. The maximum Gasteiger partial charge on any atom is 0.338 e. The highest BCUT2D eigenvalue weighted by atomic mass is 16.5. The van der Waals surface area contributed by atoms with Gasteiger partial charge in [-0.1, -0.05) is 48.5 Å². The molecule has 0 atom stereocenters. The number of fused-ring (bicyclic) bond motifs is 1. The Hall–Kier alpha value is -3.60. The molecule has 3 aromatic rings. The number of hydrogen-bond acceptors (Lipinski definition) is 4. The van der Waals surface area contributed by atoms with Gasteiger partial charge in [0.25, 0.3) is 5.91 Å². The number of anilines is 1. The van der Waals surface area contributed by atoms with Gasteiger partial charge < -0.3 is 14.4 Å². The minimum atomic E-state index is -0.513. The van der Waals surface area contributed by atoms with Crippen LogP contribution in [0.3, 0.4) is 0 Å². The molecule has 0 radical (unpaired) electrons. The molecule has 1 amide bonds. The SMILES string of the molecule is O=C(OCC(=O)N1CCc2ccccc21)c1ccc(COc2ccccc2)cc1. The molecule has 0 saturated heterocycles. The molecule has 0 N–H and O–H groups in total. The Bertz CT molecular complexity index is 999. The van der Waals surface area contributed by atoms with Gasteiger partial charge in [-0.25, -0.2) is 4.79 Å². The summed E-state index contributed by atoms with van der Waals surface area (Å²) < 4.78 is 10.9. The van der Waals surface area contributed by atoms with Gasteiger partial charge in [0.15, 0.2) is 6.61 Å². The van der Waals surface area contributed by atoms with Crippen molar-refractivity contribution in [2.45, 2.75) is 13.0 Å². The minimum Gasteiger partial charge on any atom is -0.489 e. The van der Waals surface area contributed by atoms with Crippen molar-refractivity contribution in [3.63, 3.8) is 0 Å². The lowest BCUT2D eigenvalue weighted by Gasteiger charge is -2.17. The van der Waals surface area contributed by atoms with E-state index in [-0.39, 0.29) is 12.5 Å². The number of hydrogen-bond donors (Lipinski definition) is 0. The molecule has 1 aliphatic rings. The summed E-state index contributed by atoms with van der Waals surface area (Å²) in [5.41, 5.74) is 3.38. The first-order valence-electron chi connectivity index (χ1n) is 9.53. The van der Waals surface area contributed by atoms with Crippen LogP contribution in [0.1, 0.15) is 21.5 Å². The molecule has 1 aliphatic heterocycles. The minimum absolute atomic E-state index is 0.212. The number of ether oxygens (including phenoxy) is 2. The van der Waals surface area contributed by atoms with Crippen LogP contribution in [0.15, 0.2) is 78.9 Å². The summed E-state index contributed by atoms with van der Waals surface area (Å²) in [5.74, 6) is 0.0653. The number of carbonyl (C=O) groups excluding carboxylic acids is 2. The Morgan fingerprint density at radius 2 is 1.59 bits per heavy atom. The zero-order chi connectivity index (χ0) is 20.1. The highest BCUT2D eigenvalue weighted by Gasteiger charge is 2.25. The van der Waals surface area contributed by atoms with Crippen molar-refractivity contribution in [2.75, 3.05) is 18.1 Å². The fourth-order valence-electron chi connectivity index (χ4n) is 3.31. The monoisotopic (exact) mass is 387 g/mol. The Morgan fingerprint density at radius 3 is 2.38 bits per heavy atom. The van der Waals surface area contributed by atoms with Gasteiger partial charge in [0.1, 0.15) is 12.4 Å². The lowest BCUT2D eigenvalue weighted by atomic mass is 10.1. The van der Waals surface area contributed by atoms with Gasteiger partial charge in [0, 0.05) is 12.2 Å². The predicted octanol–water partition coefficient (Wildman–Crippen LogP) is 4.01. The van der Waals surface area contributed by atoms with Gasteiger partial charge in [-0.3, -0.25) is 4.79 Å². The number of esters is 1. The quantitative estimate of drug-likeness (QED) is 0.600. The van der Waals surface area contributed by atoms with E-state index in [1.54, 1.807) is 17.0 Å². The Kier molecular flexibility index (Phi) is 5.56. The first-order valence-corrected chi connectivity index (χ1v) is 9.53. The van der Waals surface area contributed by atoms with Crippen molar-refractivity contribution in [1.82, 2.24) is 0 Å². The Balaban J connectivity index is 1.29. The standard InChI is InChI=1S/C24H21NO4/c26-23(25-15-14-19-6-4-5-9-22(19)25)17-29-24(27)20-12-10-18(11-13-20)16-28-21-7-2-1-3-8-21/h1-13H,14-17H2. The highest BCUT2D eigenvalue weighted by molar-refractivity contribution is 5.98. The molecule has 29 heavy (non-hydrogen) atoms. The number of amides is 1. The molecule has 3 aromatic carbocycles. The second-order valence-electron chi connectivity index (χ2n) is 6.80. The molecule has 0 aromatic heterocycles. The summed E-state index contributed by atoms with van der Waals surface area (Å²) in [6, 6.07) is 24.3. The lowest BCUT2D eigenvalue weighted by molar-refractivity contribution is -0.121. The predicted molar refractivity (Wildman–Crippen MR) is 110 cm³/mol. The second kappa shape index (κ2) is 8.61. The third-order valence-electron chi connectivity index (χ3n) is 4.85. The first kappa shape index (κ1) is 18.7. The molecule has 0 saturated carbocycles.